The van der Waals surface area contributed by atoms with Crippen molar-refractivity contribution < 1.29 is 18.7 Å². The van der Waals surface area contributed by atoms with Gasteiger partial charge < -0.3 is 14.8 Å². The smallest absolute Gasteiger partial charge is 0.251 e. The van der Waals surface area contributed by atoms with Gasteiger partial charge in [-0.15, -0.1) is 0 Å². The summed E-state index contributed by atoms with van der Waals surface area (Å²) < 4.78 is 24.8. The lowest BCUT2D eigenvalue weighted by molar-refractivity contribution is 0.0906. The number of ether oxygens (including phenoxy) is 2. The zero-order valence-corrected chi connectivity index (χ0v) is 18.8. The second kappa shape index (κ2) is 11.0. The molecule has 3 aromatic rings. The summed E-state index contributed by atoms with van der Waals surface area (Å²) in [7, 11) is 1.46. The van der Waals surface area contributed by atoms with Gasteiger partial charge in [0, 0.05) is 36.8 Å². The molecule has 0 unspecified atom stereocenters. The second-order valence-corrected chi connectivity index (χ2v) is 8.25. The van der Waals surface area contributed by atoms with Crippen LogP contribution >= 0.6 is 0 Å². The fraction of sp³-hybridized carbons (Fsp3) is 0.296. The number of carbonyl (C=O) groups is 1. The summed E-state index contributed by atoms with van der Waals surface area (Å²) in [6.45, 7) is 2.71. The Hall–Kier alpha value is -3.38. The Bertz CT molecular complexity index is 1070. The molecular weight excluding hydrogens is 419 g/mol. The number of methoxy groups -OCH3 is 1. The molecule has 6 heteroatoms. The number of hydrogen-bond acceptors (Lipinski definition) is 4. The van der Waals surface area contributed by atoms with Gasteiger partial charge in [-0.05, 0) is 48.7 Å². The Labute approximate surface area is 194 Å². The molecule has 5 nitrogen and oxygen atoms in total. The molecule has 4 rings (SSSR count). The number of piperidine rings is 1. The van der Waals surface area contributed by atoms with E-state index < -0.39 is 0 Å². The average Bonchev–Trinajstić information content (AvgIpc) is 2.85. The minimum atomic E-state index is -0.341. The molecule has 0 saturated carbocycles. The van der Waals surface area contributed by atoms with Crippen LogP contribution in [0.4, 0.5) is 4.39 Å². The lowest BCUT2D eigenvalue weighted by Gasteiger charge is -2.32. The van der Waals surface area contributed by atoms with Crippen LogP contribution in [0, 0.1) is 5.82 Å². The zero-order chi connectivity index (χ0) is 23.0. The molecule has 1 aliphatic rings. The zero-order valence-electron chi connectivity index (χ0n) is 18.8. The van der Waals surface area contributed by atoms with E-state index in [0.717, 1.165) is 42.8 Å². The van der Waals surface area contributed by atoms with Gasteiger partial charge in [-0.2, -0.15) is 0 Å². The Balaban J connectivity index is 1.29. The molecule has 1 heterocycles. The summed E-state index contributed by atoms with van der Waals surface area (Å²) in [4.78, 5) is 15.3. The number of likely N-dealkylation sites (tertiary alicyclic amines) is 1. The van der Waals surface area contributed by atoms with Crippen LogP contribution in [-0.2, 0) is 13.2 Å². The number of benzene rings is 3. The van der Waals surface area contributed by atoms with Crippen LogP contribution in [0.1, 0.15) is 34.3 Å². The molecule has 0 aliphatic carbocycles. The van der Waals surface area contributed by atoms with E-state index in [1.54, 1.807) is 6.07 Å². The molecule has 1 N–H and O–H groups in total. The number of amides is 1. The lowest BCUT2D eigenvalue weighted by Crippen LogP contribution is -2.44. The molecule has 3 aromatic carbocycles. The number of carbonyl (C=O) groups excluding carboxylic acids is 1. The third-order valence-corrected chi connectivity index (χ3v) is 5.94. The van der Waals surface area contributed by atoms with E-state index in [9.17, 15) is 9.18 Å². The third-order valence-electron chi connectivity index (χ3n) is 5.94. The number of nitrogens with one attached hydrogen (secondary N) is 1. The summed E-state index contributed by atoms with van der Waals surface area (Å²) in [6.07, 6.45) is 1.71. The molecule has 0 atom stereocenters. The van der Waals surface area contributed by atoms with Crippen LogP contribution < -0.4 is 14.8 Å². The summed E-state index contributed by atoms with van der Waals surface area (Å²) in [5.74, 6) is 0.622. The molecule has 1 amide bonds. The van der Waals surface area contributed by atoms with Crippen molar-refractivity contribution in [2.45, 2.75) is 32.0 Å². The highest BCUT2D eigenvalue weighted by atomic mass is 19.1. The van der Waals surface area contributed by atoms with Crippen molar-refractivity contribution >= 4 is 5.91 Å². The Kier molecular flexibility index (Phi) is 7.58. The van der Waals surface area contributed by atoms with Gasteiger partial charge in [0.25, 0.3) is 5.91 Å². The van der Waals surface area contributed by atoms with Gasteiger partial charge >= 0.3 is 0 Å². The summed E-state index contributed by atoms with van der Waals surface area (Å²) in [5.41, 5.74) is 2.42. The first-order valence-electron chi connectivity index (χ1n) is 11.2. The van der Waals surface area contributed by atoms with Gasteiger partial charge in [-0.25, -0.2) is 4.39 Å². The molecule has 0 radical (unpaired) electrons. The maximum Gasteiger partial charge on any atom is 0.251 e. The number of hydrogen-bond donors (Lipinski definition) is 1. The number of nitrogens with zero attached hydrogens (tertiary/aromatic N) is 1. The van der Waals surface area contributed by atoms with Gasteiger partial charge in [0.1, 0.15) is 12.4 Å². The monoisotopic (exact) mass is 448 g/mol. The van der Waals surface area contributed by atoms with Crippen LogP contribution in [0.2, 0.25) is 0 Å². The van der Waals surface area contributed by atoms with E-state index in [0.29, 0.717) is 18.7 Å². The first kappa shape index (κ1) is 22.8. The van der Waals surface area contributed by atoms with Crippen molar-refractivity contribution in [1.29, 1.82) is 0 Å². The van der Waals surface area contributed by atoms with Crippen LogP contribution in [0.15, 0.2) is 72.8 Å². The fourth-order valence-electron chi connectivity index (χ4n) is 4.11. The largest absolute Gasteiger partial charge is 0.494 e. The minimum Gasteiger partial charge on any atom is -0.494 e. The quantitative estimate of drug-likeness (QED) is 0.538. The molecular formula is C27H29FN2O3. The summed E-state index contributed by atoms with van der Waals surface area (Å²) in [5, 5.41) is 3.18. The topological polar surface area (TPSA) is 50.8 Å². The first-order chi connectivity index (χ1) is 16.1. The van der Waals surface area contributed by atoms with E-state index in [2.05, 4.69) is 10.2 Å². The number of halogens is 1. The van der Waals surface area contributed by atoms with E-state index in [-0.39, 0.29) is 23.5 Å². The standard InChI is InChI=1S/C27H29FN2O3/c1-32-26-12-11-20(17-25(26)28)18-30-15-13-22(14-16-30)29-27(31)24-10-6-5-7-21(24)19-33-23-8-3-2-4-9-23/h2-12,17,22H,13-16,18-19H2,1H3,(H,29,31). The van der Waals surface area contributed by atoms with Crippen molar-refractivity contribution in [2.24, 2.45) is 0 Å². The normalized spacial score (nSPS) is 14.6. The Morgan fingerprint density at radius 2 is 1.76 bits per heavy atom. The van der Waals surface area contributed by atoms with E-state index >= 15 is 0 Å². The SMILES string of the molecule is COc1ccc(CN2CCC(NC(=O)c3ccccc3COc3ccccc3)CC2)cc1F. The molecule has 0 aromatic heterocycles. The highest BCUT2D eigenvalue weighted by Crippen LogP contribution is 2.21. The van der Waals surface area contributed by atoms with E-state index in [1.807, 2.05) is 60.7 Å². The molecule has 33 heavy (non-hydrogen) atoms. The summed E-state index contributed by atoms with van der Waals surface area (Å²) in [6, 6.07) is 22.3. The molecule has 1 aliphatic heterocycles. The summed E-state index contributed by atoms with van der Waals surface area (Å²) >= 11 is 0. The van der Waals surface area contributed by atoms with E-state index in [1.165, 1.54) is 13.2 Å². The van der Waals surface area contributed by atoms with Crippen LogP contribution in [0.25, 0.3) is 0 Å². The van der Waals surface area contributed by atoms with Crippen molar-refractivity contribution in [3.8, 4) is 11.5 Å². The van der Waals surface area contributed by atoms with Gasteiger partial charge in [0.15, 0.2) is 11.6 Å². The second-order valence-electron chi connectivity index (χ2n) is 8.25. The Morgan fingerprint density at radius 3 is 2.48 bits per heavy atom. The van der Waals surface area contributed by atoms with E-state index in [4.69, 9.17) is 9.47 Å². The average molecular weight is 449 g/mol. The first-order valence-corrected chi connectivity index (χ1v) is 11.2. The fourth-order valence-corrected chi connectivity index (χ4v) is 4.11. The predicted molar refractivity (Wildman–Crippen MR) is 126 cm³/mol. The van der Waals surface area contributed by atoms with Gasteiger partial charge in [-0.3, -0.25) is 9.69 Å². The van der Waals surface area contributed by atoms with Crippen LogP contribution in [0.5, 0.6) is 11.5 Å². The number of para-hydroxylation sites is 1. The molecule has 0 bridgehead atoms. The van der Waals surface area contributed by atoms with Crippen molar-refractivity contribution in [3.05, 3.63) is 95.3 Å². The van der Waals surface area contributed by atoms with Crippen molar-refractivity contribution in [3.63, 3.8) is 0 Å². The van der Waals surface area contributed by atoms with Crippen LogP contribution in [0.3, 0.4) is 0 Å². The highest BCUT2D eigenvalue weighted by molar-refractivity contribution is 5.95. The molecule has 1 fully saturated rings. The maximum absolute atomic E-state index is 14.0. The van der Waals surface area contributed by atoms with Gasteiger partial charge in [-0.1, -0.05) is 42.5 Å². The lowest BCUT2D eigenvalue weighted by atomic mass is 10.0. The Morgan fingerprint density at radius 1 is 1.03 bits per heavy atom. The predicted octanol–water partition coefficient (Wildman–Crippen LogP) is 4.81. The number of rotatable bonds is 8. The third kappa shape index (κ3) is 6.11. The molecule has 172 valence electrons. The van der Waals surface area contributed by atoms with Crippen molar-refractivity contribution in [2.75, 3.05) is 20.2 Å². The van der Waals surface area contributed by atoms with Crippen LogP contribution in [-0.4, -0.2) is 37.0 Å². The highest BCUT2D eigenvalue weighted by Gasteiger charge is 2.22. The van der Waals surface area contributed by atoms with Gasteiger partial charge in [0.2, 0.25) is 0 Å². The molecule has 1 saturated heterocycles. The molecule has 0 spiro atoms. The minimum absolute atomic E-state index is 0.0714. The maximum atomic E-state index is 14.0. The van der Waals surface area contributed by atoms with Crippen molar-refractivity contribution in [1.82, 2.24) is 10.2 Å². The van der Waals surface area contributed by atoms with Gasteiger partial charge in [0.05, 0.1) is 7.11 Å².